The van der Waals surface area contributed by atoms with Gasteiger partial charge in [0, 0.05) is 41.2 Å². The summed E-state index contributed by atoms with van der Waals surface area (Å²) >= 11 is 0. The van der Waals surface area contributed by atoms with E-state index in [9.17, 15) is 18.0 Å². The Bertz CT molecular complexity index is 1530. The SMILES string of the molecule is O=C(Nc1cccc(-c2cn3ccnc3c(Nc3ccccc3)n2)c1)Nc1cccc(C(F)(F)F)c1. The van der Waals surface area contributed by atoms with Crippen LogP contribution in [0.1, 0.15) is 5.56 Å². The molecule has 5 aromatic rings. The standard InChI is InChI=1S/C26H19F3N6O/c27-26(28,29)18-7-5-11-21(15-18)33-25(36)32-20-10-4-6-17(14-20)22-16-35-13-12-30-24(35)23(34-22)31-19-8-2-1-3-9-19/h1-16H,(H,31,34)(H2,32,33,36). The van der Waals surface area contributed by atoms with Crippen LogP contribution in [0, 0.1) is 0 Å². The number of urea groups is 1. The van der Waals surface area contributed by atoms with Crippen molar-refractivity contribution in [2.45, 2.75) is 6.18 Å². The third-order valence-electron chi connectivity index (χ3n) is 5.27. The first-order valence-corrected chi connectivity index (χ1v) is 10.9. The molecule has 0 aliphatic rings. The summed E-state index contributed by atoms with van der Waals surface area (Å²) in [7, 11) is 0. The lowest BCUT2D eigenvalue weighted by atomic mass is 10.1. The number of fused-ring (bicyclic) bond motifs is 1. The summed E-state index contributed by atoms with van der Waals surface area (Å²) < 4.78 is 40.7. The highest BCUT2D eigenvalue weighted by molar-refractivity contribution is 6.00. The van der Waals surface area contributed by atoms with E-state index in [1.807, 2.05) is 47.0 Å². The van der Waals surface area contributed by atoms with Crippen LogP contribution in [0.5, 0.6) is 0 Å². The second kappa shape index (κ2) is 9.41. The monoisotopic (exact) mass is 488 g/mol. The molecule has 0 aliphatic carbocycles. The number of aromatic nitrogens is 3. The number of nitrogens with zero attached hydrogens (tertiary/aromatic N) is 3. The van der Waals surface area contributed by atoms with Crippen molar-refractivity contribution in [3.63, 3.8) is 0 Å². The average Bonchev–Trinajstić information content (AvgIpc) is 3.34. The fraction of sp³-hybridized carbons (Fsp3) is 0.0385. The topological polar surface area (TPSA) is 83.4 Å². The van der Waals surface area contributed by atoms with Gasteiger partial charge in [0.15, 0.2) is 11.5 Å². The molecule has 0 atom stereocenters. The number of para-hydroxylation sites is 1. The molecule has 3 aromatic carbocycles. The van der Waals surface area contributed by atoms with Crippen molar-refractivity contribution in [2.24, 2.45) is 0 Å². The molecule has 7 nitrogen and oxygen atoms in total. The summed E-state index contributed by atoms with van der Waals surface area (Å²) in [6, 6.07) is 20.3. The van der Waals surface area contributed by atoms with Gasteiger partial charge in [0.25, 0.3) is 0 Å². The lowest BCUT2D eigenvalue weighted by molar-refractivity contribution is -0.137. The second-order valence-electron chi connectivity index (χ2n) is 7.86. The number of anilines is 4. The third-order valence-corrected chi connectivity index (χ3v) is 5.27. The Kier molecular flexibility index (Phi) is 5.99. The molecule has 2 amide bonds. The predicted octanol–water partition coefficient (Wildman–Crippen LogP) is 6.80. The van der Waals surface area contributed by atoms with E-state index in [0.717, 1.165) is 23.4 Å². The van der Waals surface area contributed by atoms with Gasteiger partial charge in [-0.05, 0) is 42.5 Å². The van der Waals surface area contributed by atoms with E-state index in [1.165, 1.54) is 12.1 Å². The summed E-state index contributed by atoms with van der Waals surface area (Å²) in [6.45, 7) is 0. The normalized spacial score (nSPS) is 11.3. The highest BCUT2D eigenvalue weighted by Crippen LogP contribution is 2.31. The van der Waals surface area contributed by atoms with Gasteiger partial charge in [-0.2, -0.15) is 13.2 Å². The Balaban J connectivity index is 1.37. The van der Waals surface area contributed by atoms with Crippen LogP contribution in [0.3, 0.4) is 0 Å². The minimum Gasteiger partial charge on any atom is -0.337 e. The highest BCUT2D eigenvalue weighted by atomic mass is 19.4. The van der Waals surface area contributed by atoms with Gasteiger partial charge in [0.2, 0.25) is 0 Å². The molecule has 0 unspecified atom stereocenters. The highest BCUT2D eigenvalue weighted by Gasteiger charge is 2.30. The number of benzene rings is 3. The molecule has 0 spiro atoms. The van der Waals surface area contributed by atoms with Crippen molar-refractivity contribution in [1.82, 2.24) is 14.4 Å². The van der Waals surface area contributed by atoms with Gasteiger partial charge < -0.3 is 20.4 Å². The number of hydrogen-bond acceptors (Lipinski definition) is 4. The van der Waals surface area contributed by atoms with E-state index >= 15 is 0 Å². The molecule has 0 radical (unpaired) electrons. The zero-order valence-electron chi connectivity index (χ0n) is 18.6. The van der Waals surface area contributed by atoms with Crippen molar-refractivity contribution in [3.8, 4) is 11.3 Å². The van der Waals surface area contributed by atoms with E-state index in [0.29, 0.717) is 22.8 Å². The van der Waals surface area contributed by atoms with Crippen LogP contribution in [0.4, 0.5) is 40.8 Å². The van der Waals surface area contributed by atoms with Crippen molar-refractivity contribution in [2.75, 3.05) is 16.0 Å². The minimum atomic E-state index is -4.50. The van der Waals surface area contributed by atoms with Gasteiger partial charge in [0.05, 0.1) is 11.3 Å². The molecule has 5 rings (SSSR count). The maximum atomic E-state index is 12.9. The van der Waals surface area contributed by atoms with E-state index in [1.54, 1.807) is 30.6 Å². The van der Waals surface area contributed by atoms with Crippen molar-refractivity contribution in [1.29, 1.82) is 0 Å². The summed E-state index contributed by atoms with van der Waals surface area (Å²) in [5.74, 6) is 0.560. The Morgan fingerprint density at radius 3 is 2.28 bits per heavy atom. The maximum Gasteiger partial charge on any atom is 0.416 e. The lowest BCUT2D eigenvalue weighted by Crippen LogP contribution is -2.19. The van der Waals surface area contributed by atoms with Crippen LogP contribution in [-0.4, -0.2) is 20.4 Å². The fourth-order valence-corrected chi connectivity index (χ4v) is 3.64. The number of hydrogen-bond donors (Lipinski definition) is 3. The number of carbonyl (C=O) groups is 1. The number of rotatable bonds is 5. The van der Waals surface area contributed by atoms with Gasteiger partial charge in [-0.3, -0.25) is 0 Å². The number of amides is 2. The number of alkyl halides is 3. The van der Waals surface area contributed by atoms with E-state index in [2.05, 4.69) is 20.9 Å². The molecule has 0 aliphatic heterocycles. The Labute approximate surface area is 203 Å². The van der Waals surface area contributed by atoms with Gasteiger partial charge in [-0.15, -0.1) is 0 Å². The molecular weight excluding hydrogens is 469 g/mol. The zero-order chi connectivity index (χ0) is 25.1. The Hall–Kier alpha value is -4.86. The second-order valence-corrected chi connectivity index (χ2v) is 7.86. The van der Waals surface area contributed by atoms with Gasteiger partial charge >= 0.3 is 12.2 Å². The molecule has 2 aromatic heterocycles. The van der Waals surface area contributed by atoms with Crippen LogP contribution < -0.4 is 16.0 Å². The minimum absolute atomic E-state index is 0.0299. The predicted molar refractivity (Wildman–Crippen MR) is 132 cm³/mol. The quantitative estimate of drug-likeness (QED) is 0.254. The smallest absolute Gasteiger partial charge is 0.337 e. The molecule has 0 saturated carbocycles. The Morgan fingerprint density at radius 1 is 0.833 bits per heavy atom. The average molecular weight is 488 g/mol. The molecule has 180 valence electrons. The van der Waals surface area contributed by atoms with Gasteiger partial charge in [0.1, 0.15) is 0 Å². The first-order chi connectivity index (χ1) is 17.3. The summed E-state index contributed by atoms with van der Waals surface area (Å²) in [4.78, 5) is 21.5. The number of nitrogens with one attached hydrogen (secondary N) is 3. The largest absolute Gasteiger partial charge is 0.416 e. The summed E-state index contributed by atoms with van der Waals surface area (Å²) in [5.41, 5.74) is 2.48. The first-order valence-electron chi connectivity index (χ1n) is 10.9. The summed E-state index contributed by atoms with van der Waals surface area (Å²) in [6.07, 6.45) is 0.800. The van der Waals surface area contributed by atoms with Gasteiger partial charge in [-0.1, -0.05) is 36.4 Å². The van der Waals surface area contributed by atoms with Crippen molar-refractivity contribution >= 4 is 34.6 Å². The molecule has 3 N–H and O–H groups in total. The van der Waals surface area contributed by atoms with Crippen LogP contribution in [-0.2, 0) is 6.18 Å². The fourth-order valence-electron chi connectivity index (χ4n) is 3.64. The van der Waals surface area contributed by atoms with Crippen LogP contribution >= 0.6 is 0 Å². The molecular formula is C26H19F3N6O. The number of carbonyl (C=O) groups excluding carboxylic acids is 1. The van der Waals surface area contributed by atoms with Crippen LogP contribution in [0.15, 0.2) is 97.5 Å². The Morgan fingerprint density at radius 2 is 1.53 bits per heavy atom. The van der Waals surface area contributed by atoms with E-state index in [4.69, 9.17) is 4.98 Å². The molecule has 0 saturated heterocycles. The van der Waals surface area contributed by atoms with Gasteiger partial charge in [-0.25, -0.2) is 14.8 Å². The molecule has 36 heavy (non-hydrogen) atoms. The molecule has 0 bridgehead atoms. The molecule has 10 heteroatoms. The van der Waals surface area contributed by atoms with Crippen LogP contribution in [0.25, 0.3) is 16.9 Å². The molecule has 0 fully saturated rings. The first kappa shape index (κ1) is 22.9. The number of halogens is 3. The zero-order valence-corrected chi connectivity index (χ0v) is 18.6. The van der Waals surface area contributed by atoms with E-state index in [-0.39, 0.29) is 5.69 Å². The summed E-state index contributed by atoms with van der Waals surface area (Å²) in [5, 5.41) is 8.36. The van der Waals surface area contributed by atoms with Crippen molar-refractivity contribution < 1.29 is 18.0 Å². The lowest BCUT2D eigenvalue weighted by Gasteiger charge is -2.12. The number of imidazole rings is 1. The van der Waals surface area contributed by atoms with Crippen LogP contribution in [0.2, 0.25) is 0 Å². The van der Waals surface area contributed by atoms with Crippen molar-refractivity contribution in [3.05, 3.63) is 103 Å². The molecule has 2 heterocycles. The third kappa shape index (κ3) is 5.12. The maximum absolute atomic E-state index is 12.9. The van der Waals surface area contributed by atoms with E-state index < -0.39 is 17.8 Å².